The molecule has 2 heteroatoms. The Morgan fingerprint density at radius 1 is 1.58 bits per heavy atom. The Hall–Kier alpha value is -0.340. The van der Waals surface area contributed by atoms with Crippen LogP contribution in [0.2, 0.25) is 0 Å². The fourth-order valence-corrected chi connectivity index (χ4v) is 1.50. The SMILES string of the molecule is C=C(C)CN(C)CCC1CNC1. The predicted molar refractivity (Wildman–Crippen MR) is 53.3 cm³/mol. The molecule has 1 N–H and O–H groups in total. The van der Waals surface area contributed by atoms with E-state index in [-0.39, 0.29) is 0 Å². The van der Waals surface area contributed by atoms with Crippen LogP contribution in [-0.4, -0.2) is 38.1 Å². The molecule has 0 radical (unpaired) electrons. The maximum Gasteiger partial charge on any atom is 0.0184 e. The van der Waals surface area contributed by atoms with E-state index in [1.54, 1.807) is 0 Å². The fourth-order valence-electron chi connectivity index (χ4n) is 1.50. The highest BCUT2D eigenvalue weighted by Gasteiger charge is 2.16. The second-order valence-electron chi connectivity index (χ2n) is 4.01. The summed E-state index contributed by atoms with van der Waals surface area (Å²) < 4.78 is 0. The summed E-state index contributed by atoms with van der Waals surface area (Å²) in [5.74, 6) is 0.928. The average Bonchev–Trinajstić information content (AvgIpc) is 1.81. The molecule has 0 bridgehead atoms. The highest BCUT2D eigenvalue weighted by Crippen LogP contribution is 2.08. The van der Waals surface area contributed by atoms with Crippen LogP contribution in [0.4, 0.5) is 0 Å². The molecule has 0 unspecified atom stereocenters. The molecule has 0 aromatic rings. The van der Waals surface area contributed by atoms with Crippen molar-refractivity contribution in [2.45, 2.75) is 13.3 Å². The molecule has 0 aliphatic carbocycles. The first-order valence-electron chi connectivity index (χ1n) is 4.72. The van der Waals surface area contributed by atoms with E-state index >= 15 is 0 Å². The minimum Gasteiger partial charge on any atom is -0.316 e. The van der Waals surface area contributed by atoms with Gasteiger partial charge in [0.1, 0.15) is 0 Å². The molecule has 2 nitrogen and oxygen atoms in total. The lowest BCUT2D eigenvalue weighted by Crippen LogP contribution is -2.43. The molecule has 12 heavy (non-hydrogen) atoms. The molecular formula is C10H20N2. The van der Waals surface area contributed by atoms with E-state index in [0.29, 0.717) is 0 Å². The first-order valence-corrected chi connectivity index (χ1v) is 4.72. The second-order valence-corrected chi connectivity index (χ2v) is 4.01. The zero-order chi connectivity index (χ0) is 8.97. The molecule has 1 heterocycles. The Labute approximate surface area is 75.6 Å². The van der Waals surface area contributed by atoms with Crippen LogP contribution < -0.4 is 5.32 Å². The molecule has 0 aromatic carbocycles. The Morgan fingerprint density at radius 3 is 2.67 bits per heavy atom. The molecule has 0 aromatic heterocycles. The van der Waals surface area contributed by atoms with Gasteiger partial charge in [0.2, 0.25) is 0 Å². The largest absolute Gasteiger partial charge is 0.316 e. The van der Waals surface area contributed by atoms with Crippen molar-refractivity contribution in [3.63, 3.8) is 0 Å². The number of hydrogen-bond acceptors (Lipinski definition) is 2. The van der Waals surface area contributed by atoms with E-state index in [4.69, 9.17) is 0 Å². The van der Waals surface area contributed by atoms with E-state index in [1.165, 1.54) is 31.6 Å². The number of nitrogens with one attached hydrogen (secondary N) is 1. The van der Waals surface area contributed by atoms with Crippen molar-refractivity contribution in [2.75, 3.05) is 33.2 Å². The molecular weight excluding hydrogens is 148 g/mol. The van der Waals surface area contributed by atoms with E-state index < -0.39 is 0 Å². The van der Waals surface area contributed by atoms with Crippen molar-refractivity contribution in [1.82, 2.24) is 10.2 Å². The van der Waals surface area contributed by atoms with E-state index in [9.17, 15) is 0 Å². The zero-order valence-electron chi connectivity index (χ0n) is 8.27. The van der Waals surface area contributed by atoms with Gasteiger partial charge in [0.15, 0.2) is 0 Å². The summed E-state index contributed by atoms with van der Waals surface area (Å²) in [6.07, 6.45) is 1.33. The van der Waals surface area contributed by atoms with Gasteiger partial charge < -0.3 is 10.2 Å². The molecule has 1 fully saturated rings. The summed E-state index contributed by atoms with van der Waals surface area (Å²) in [5, 5.41) is 3.29. The number of nitrogens with zero attached hydrogens (tertiary/aromatic N) is 1. The smallest absolute Gasteiger partial charge is 0.0184 e. The molecule has 0 amide bonds. The van der Waals surface area contributed by atoms with Crippen molar-refractivity contribution >= 4 is 0 Å². The first-order chi connectivity index (χ1) is 5.68. The lowest BCUT2D eigenvalue weighted by Gasteiger charge is -2.29. The quantitative estimate of drug-likeness (QED) is 0.619. The maximum absolute atomic E-state index is 3.90. The van der Waals surface area contributed by atoms with Crippen LogP contribution in [0, 0.1) is 5.92 Å². The number of likely N-dealkylation sites (N-methyl/N-ethyl adjacent to an activating group) is 1. The third-order valence-corrected chi connectivity index (χ3v) is 2.32. The molecule has 0 saturated carbocycles. The van der Waals surface area contributed by atoms with E-state index in [0.717, 1.165) is 12.5 Å². The molecule has 0 spiro atoms. The van der Waals surface area contributed by atoms with Crippen molar-refractivity contribution in [1.29, 1.82) is 0 Å². The van der Waals surface area contributed by atoms with Gasteiger partial charge in [-0.1, -0.05) is 12.2 Å². The number of hydrogen-bond donors (Lipinski definition) is 1. The summed E-state index contributed by atoms with van der Waals surface area (Å²) in [6.45, 7) is 10.7. The first kappa shape index (κ1) is 9.75. The lowest BCUT2D eigenvalue weighted by atomic mass is 9.99. The average molecular weight is 168 g/mol. The summed E-state index contributed by atoms with van der Waals surface area (Å²) in [7, 11) is 2.17. The fraction of sp³-hybridized carbons (Fsp3) is 0.800. The van der Waals surface area contributed by atoms with Gasteiger partial charge in [-0.15, -0.1) is 0 Å². The van der Waals surface area contributed by atoms with E-state index in [1.807, 2.05) is 0 Å². The molecule has 1 aliphatic rings. The van der Waals surface area contributed by atoms with E-state index in [2.05, 4.69) is 30.8 Å². The molecule has 1 rings (SSSR count). The second kappa shape index (κ2) is 4.63. The van der Waals surface area contributed by atoms with Gasteiger partial charge >= 0.3 is 0 Å². The summed E-state index contributed by atoms with van der Waals surface area (Å²) in [6, 6.07) is 0. The van der Waals surface area contributed by atoms with Crippen LogP contribution in [0.15, 0.2) is 12.2 Å². The normalized spacial score (nSPS) is 17.9. The molecule has 1 aliphatic heterocycles. The Kier molecular flexibility index (Phi) is 3.76. The van der Waals surface area contributed by atoms with Crippen LogP contribution in [0.3, 0.4) is 0 Å². The van der Waals surface area contributed by atoms with Crippen molar-refractivity contribution < 1.29 is 0 Å². The zero-order valence-corrected chi connectivity index (χ0v) is 8.27. The van der Waals surface area contributed by atoms with Crippen molar-refractivity contribution in [3.05, 3.63) is 12.2 Å². The third kappa shape index (κ3) is 3.37. The van der Waals surface area contributed by atoms with Crippen molar-refractivity contribution in [3.8, 4) is 0 Å². The Bertz CT molecular complexity index is 150. The van der Waals surface area contributed by atoms with Gasteiger partial charge in [-0.3, -0.25) is 0 Å². The van der Waals surface area contributed by atoms with Gasteiger partial charge in [-0.2, -0.15) is 0 Å². The third-order valence-electron chi connectivity index (χ3n) is 2.32. The van der Waals surface area contributed by atoms with Crippen LogP contribution in [0.25, 0.3) is 0 Å². The van der Waals surface area contributed by atoms with Gasteiger partial charge in [0, 0.05) is 6.54 Å². The van der Waals surface area contributed by atoms with Gasteiger partial charge in [-0.05, 0) is 45.9 Å². The molecule has 1 saturated heterocycles. The maximum atomic E-state index is 3.90. The molecule has 0 atom stereocenters. The van der Waals surface area contributed by atoms with Crippen LogP contribution in [0.1, 0.15) is 13.3 Å². The van der Waals surface area contributed by atoms with Gasteiger partial charge in [-0.25, -0.2) is 0 Å². The summed E-state index contributed by atoms with van der Waals surface area (Å²) >= 11 is 0. The summed E-state index contributed by atoms with van der Waals surface area (Å²) in [5.41, 5.74) is 1.25. The number of rotatable bonds is 5. The van der Waals surface area contributed by atoms with Gasteiger partial charge in [0.25, 0.3) is 0 Å². The highest BCUT2D eigenvalue weighted by atomic mass is 15.1. The van der Waals surface area contributed by atoms with Crippen LogP contribution >= 0.6 is 0 Å². The minimum absolute atomic E-state index is 0.928. The summed E-state index contributed by atoms with van der Waals surface area (Å²) in [4.78, 5) is 2.35. The molecule has 70 valence electrons. The van der Waals surface area contributed by atoms with Crippen LogP contribution in [-0.2, 0) is 0 Å². The van der Waals surface area contributed by atoms with Gasteiger partial charge in [0.05, 0.1) is 0 Å². The standard InChI is InChI=1S/C10H20N2/c1-9(2)8-12(3)5-4-10-6-11-7-10/h10-11H,1,4-8H2,2-3H3. The monoisotopic (exact) mass is 168 g/mol. The topological polar surface area (TPSA) is 15.3 Å². The Morgan fingerprint density at radius 2 is 2.25 bits per heavy atom. The Balaban J connectivity index is 2.00. The lowest BCUT2D eigenvalue weighted by molar-refractivity contribution is 0.267. The highest BCUT2D eigenvalue weighted by molar-refractivity contribution is 4.91. The minimum atomic E-state index is 0.928. The predicted octanol–water partition coefficient (Wildman–Crippen LogP) is 1.10. The van der Waals surface area contributed by atoms with Crippen LogP contribution in [0.5, 0.6) is 0 Å². The van der Waals surface area contributed by atoms with Crippen molar-refractivity contribution in [2.24, 2.45) is 5.92 Å².